The van der Waals surface area contributed by atoms with E-state index in [0.717, 1.165) is 180 Å². The van der Waals surface area contributed by atoms with E-state index in [9.17, 15) is 9.90 Å². The molecule has 24 heteroatoms. The number of hydrogen-bond acceptors (Lipinski definition) is 14. The van der Waals surface area contributed by atoms with Crippen molar-refractivity contribution in [1.29, 1.82) is 0 Å². The SMILES string of the molecule is CC(=C[Si](C)(C)O[Si]12O[Si]3(C4CCCC4)O[Si]4(C5CCCC5)O[Si](C5CCCC5)(O1)O[Si]1(C5CCCC5)O[Si](C5CCCC5)(O2)O[Si](C2CCCC2)(O3)O[Si](C2CCCC2)(O4)O1)C(=O)O. The summed E-state index contributed by atoms with van der Waals surface area (Å²) in [6, 6.07) is 0. The Labute approximate surface area is 396 Å². The van der Waals surface area contributed by atoms with Crippen LogP contribution in [0.1, 0.15) is 187 Å². The van der Waals surface area contributed by atoms with Gasteiger partial charge in [0.25, 0.3) is 0 Å². The number of carboxylic acids is 1. The first-order valence-electron chi connectivity index (χ1n) is 26.3. The number of rotatable bonds is 11. The van der Waals surface area contributed by atoms with Crippen LogP contribution in [-0.4, -0.2) is 90.1 Å². The van der Waals surface area contributed by atoms with Crippen molar-refractivity contribution in [2.24, 2.45) is 0 Å². The Balaban J connectivity index is 1.19. The fourth-order valence-electron chi connectivity index (χ4n) is 14.5. The Morgan fingerprint density at radius 1 is 0.400 bits per heavy atom. The molecule has 0 radical (unpaired) electrons. The summed E-state index contributed by atoms with van der Waals surface area (Å²) in [4.78, 5) is 12.6. The standard InChI is InChI=1S/C41H74O15Si9/c1-33(41(42)43)32-57(2,3)44-65-54-62(38-26-12-13-27-38)48-59(35-20-6-7-21-35)45-58(34-18-4-5-19-34)46-60(50-62,36-22-8-9-23-36)52-64(56-65,40-30-16-17-31-40)53-61(47-58,37-24-10-11-25-37)51-63(49-59,55-65)39-28-14-15-29-39/h32,34-40H,4-31H2,1-3H3,(H,42,43). The van der Waals surface area contributed by atoms with Gasteiger partial charge in [0, 0.05) is 44.4 Å². The van der Waals surface area contributed by atoms with E-state index in [1.807, 2.05) is 13.1 Å². The summed E-state index contributed by atoms with van der Waals surface area (Å²) in [6.07, 6.45) is 26.9. The highest BCUT2D eigenvalue weighted by molar-refractivity contribution is 7.05. The lowest BCUT2D eigenvalue weighted by Crippen LogP contribution is -2.91. The highest BCUT2D eigenvalue weighted by Crippen LogP contribution is 2.66. The number of carbonyl (C=O) groups is 1. The highest BCUT2D eigenvalue weighted by Gasteiger charge is 2.89. The van der Waals surface area contributed by atoms with Crippen LogP contribution in [-0.2, 0) is 58.3 Å². The normalized spacial score (nSPS) is 46.4. The molecule has 1 N–H and O–H groups in total. The Morgan fingerprint density at radius 3 is 0.769 bits per heavy atom. The van der Waals surface area contributed by atoms with Gasteiger partial charge in [-0.25, -0.2) is 4.79 Å². The Hall–Kier alpha value is 0.642. The van der Waals surface area contributed by atoms with Crippen molar-refractivity contribution in [3.63, 3.8) is 0 Å². The van der Waals surface area contributed by atoms with Crippen molar-refractivity contribution < 1.29 is 63.4 Å². The van der Waals surface area contributed by atoms with E-state index < -0.39 is 85.0 Å². The lowest BCUT2D eigenvalue weighted by Gasteiger charge is -2.66. The van der Waals surface area contributed by atoms with Gasteiger partial charge in [-0.1, -0.05) is 95.6 Å². The summed E-state index contributed by atoms with van der Waals surface area (Å²) in [7, 11) is -36.6. The van der Waals surface area contributed by atoms with Crippen LogP contribution >= 0.6 is 0 Å². The molecule has 0 spiro atoms. The molecule has 7 saturated carbocycles. The number of aliphatic carboxylic acids is 1. The van der Waals surface area contributed by atoms with E-state index in [4.69, 9.17) is 53.5 Å². The summed E-state index contributed by atoms with van der Waals surface area (Å²) in [5.41, 5.74) is 1.55. The van der Waals surface area contributed by atoms with Crippen LogP contribution < -0.4 is 0 Å². The molecule has 0 aromatic carbocycles. The predicted octanol–water partition coefficient (Wildman–Crippen LogP) is 10.7. The molecule has 15 nitrogen and oxygen atoms in total. The maximum absolute atomic E-state index is 12.6. The van der Waals surface area contributed by atoms with Crippen LogP contribution in [0, 0.1) is 0 Å². The van der Waals surface area contributed by atoms with Crippen LogP contribution in [0.3, 0.4) is 0 Å². The van der Waals surface area contributed by atoms with Gasteiger partial charge in [0.15, 0.2) is 0 Å². The Bertz CT molecular complexity index is 1660. The predicted molar refractivity (Wildman–Crippen MR) is 255 cm³/mol. The molecule has 13 fully saturated rings. The monoisotopic (exact) mass is 1060 g/mol. The molecular formula is C41H74O15Si9. The second-order valence-electron chi connectivity index (χ2n) is 22.7. The minimum atomic E-state index is -4.70. The van der Waals surface area contributed by atoms with Gasteiger partial charge < -0.3 is 58.6 Å². The van der Waals surface area contributed by atoms with Crippen molar-refractivity contribution in [2.45, 2.75) is 239 Å². The topological polar surface area (TPSA) is 157 Å². The molecule has 0 atom stereocenters. The highest BCUT2D eigenvalue weighted by atomic mass is 28.6. The second kappa shape index (κ2) is 17.1. The Morgan fingerprint density at radius 2 is 0.585 bits per heavy atom. The van der Waals surface area contributed by atoms with E-state index in [1.54, 1.807) is 12.6 Å². The summed E-state index contributed by atoms with van der Waals surface area (Å²) < 4.78 is 108. The molecule has 6 aliphatic heterocycles. The van der Waals surface area contributed by atoms with E-state index in [-0.39, 0.29) is 44.4 Å². The molecule has 65 heavy (non-hydrogen) atoms. The average molecular weight is 1060 g/mol. The summed E-state index contributed by atoms with van der Waals surface area (Å²) in [6.45, 7) is 5.66. The first kappa shape index (κ1) is 46.7. The molecule has 0 aromatic heterocycles. The van der Waals surface area contributed by atoms with Crippen molar-refractivity contribution in [3.8, 4) is 0 Å². The number of hydrogen-bond donors (Lipinski definition) is 1. The first-order chi connectivity index (χ1) is 31.3. The third-order valence-electron chi connectivity index (χ3n) is 17.6. The van der Waals surface area contributed by atoms with E-state index >= 15 is 0 Å². The van der Waals surface area contributed by atoms with Gasteiger partial charge in [0.05, 0.1) is 0 Å². The zero-order valence-corrected chi connectivity index (χ0v) is 48.1. The van der Waals surface area contributed by atoms with Crippen LogP contribution in [0.2, 0.25) is 51.9 Å². The van der Waals surface area contributed by atoms with Gasteiger partial charge in [0.1, 0.15) is 0 Å². The van der Waals surface area contributed by atoms with Crippen molar-refractivity contribution >= 4 is 85.0 Å². The third-order valence-corrected chi connectivity index (χ3v) is 59.8. The molecule has 8 bridgehead atoms. The molecule has 13 aliphatic rings. The molecule has 6 saturated heterocycles. The quantitative estimate of drug-likeness (QED) is 0.154. The van der Waals surface area contributed by atoms with Gasteiger partial charge >= 0.3 is 76.6 Å². The van der Waals surface area contributed by atoms with Crippen LogP contribution in [0.4, 0.5) is 0 Å². The molecule has 0 unspecified atom stereocenters. The fourth-order valence-corrected chi connectivity index (χ4v) is 73.4. The molecule has 0 aromatic rings. The van der Waals surface area contributed by atoms with Gasteiger partial charge in [0.2, 0.25) is 8.32 Å². The summed E-state index contributed by atoms with van der Waals surface area (Å²) in [5.74, 6) is -0.991. The first-order valence-corrected chi connectivity index (χ1v) is 43.5. The largest absolute Gasteiger partial charge is 0.646 e. The van der Waals surface area contributed by atoms with E-state index in [2.05, 4.69) is 0 Å². The van der Waals surface area contributed by atoms with E-state index in [0.29, 0.717) is 0 Å². The molecule has 6 heterocycles. The van der Waals surface area contributed by atoms with E-state index in [1.165, 1.54) is 0 Å². The fraction of sp³-hybridized carbons (Fsp3) is 0.927. The van der Waals surface area contributed by atoms with Crippen molar-refractivity contribution in [3.05, 3.63) is 11.3 Å². The lowest BCUT2D eigenvalue weighted by atomic mass is 10.4. The van der Waals surface area contributed by atoms with Gasteiger partial charge in [-0.15, -0.1) is 0 Å². The van der Waals surface area contributed by atoms with Crippen LogP contribution in [0.25, 0.3) is 0 Å². The zero-order valence-electron chi connectivity index (χ0n) is 39.1. The summed E-state index contributed by atoms with van der Waals surface area (Å²) >= 11 is 0. The number of carboxylic acid groups (broad SMARTS) is 1. The third kappa shape index (κ3) is 7.95. The minimum Gasteiger partial charge on any atom is -0.478 e. The maximum Gasteiger partial charge on any atom is 0.646 e. The molecular weight excluding hydrogens is 985 g/mol. The van der Waals surface area contributed by atoms with Crippen molar-refractivity contribution in [2.75, 3.05) is 0 Å². The van der Waals surface area contributed by atoms with Gasteiger partial charge in [-0.3, -0.25) is 0 Å². The molecule has 0 amide bonds. The van der Waals surface area contributed by atoms with Crippen LogP contribution in [0.5, 0.6) is 0 Å². The smallest absolute Gasteiger partial charge is 0.478 e. The molecule has 7 aliphatic carbocycles. The lowest BCUT2D eigenvalue weighted by molar-refractivity contribution is -0.132. The van der Waals surface area contributed by atoms with Gasteiger partial charge in [-0.2, -0.15) is 0 Å². The summed E-state index contributed by atoms with van der Waals surface area (Å²) in [5, 5.41) is 10.3. The second-order valence-corrected chi connectivity index (χ2v) is 51.9. The average Bonchev–Trinajstić information content (AvgIpc) is 4.11. The zero-order chi connectivity index (χ0) is 44.4. The minimum absolute atomic E-state index is 0.00683. The molecule has 13 rings (SSSR count). The van der Waals surface area contributed by atoms with Crippen molar-refractivity contribution in [1.82, 2.24) is 0 Å². The van der Waals surface area contributed by atoms with Gasteiger partial charge in [-0.05, 0) is 110 Å². The Kier molecular flexibility index (Phi) is 12.3. The molecule has 364 valence electrons. The van der Waals surface area contributed by atoms with Crippen LogP contribution in [0.15, 0.2) is 11.3 Å². The maximum atomic E-state index is 12.6.